The molecule has 0 spiro atoms. The molecule has 3 aromatic carbocycles. The average molecular weight is 648 g/mol. The predicted octanol–water partition coefficient (Wildman–Crippen LogP) is 3.78. The molecule has 2 heterocycles. The molecule has 2 atom stereocenters. The third-order valence-corrected chi connectivity index (χ3v) is 8.38. The molecule has 232 valence electrons. The summed E-state index contributed by atoms with van der Waals surface area (Å²) in [5, 5.41) is 15.4. The molecule has 0 fully saturated rings. The number of fused-ring (bicyclic) bond motifs is 1. The van der Waals surface area contributed by atoms with E-state index in [0.29, 0.717) is 16.3 Å². The van der Waals surface area contributed by atoms with Crippen LogP contribution in [-0.2, 0) is 36.8 Å². The van der Waals surface area contributed by atoms with E-state index in [2.05, 4.69) is 26.3 Å². The minimum Gasteiger partial charge on any atom is -0.458 e. The summed E-state index contributed by atoms with van der Waals surface area (Å²) < 4.78 is 7.12. The highest BCUT2D eigenvalue weighted by Crippen LogP contribution is 2.45. The lowest BCUT2D eigenvalue weighted by Gasteiger charge is -2.35. The van der Waals surface area contributed by atoms with Crippen LogP contribution < -0.4 is 10.7 Å². The molecular weight excluding hydrogens is 618 g/mol. The lowest BCUT2D eigenvalue weighted by atomic mass is 10.0. The summed E-state index contributed by atoms with van der Waals surface area (Å²) in [6, 6.07) is 19.8. The lowest BCUT2D eigenvalue weighted by molar-refractivity contribution is -0.160. The highest BCUT2D eigenvalue weighted by Gasteiger charge is 2.50. The number of halogens is 1. The molecule has 0 radical (unpaired) electrons. The Morgan fingerprint density at radius 1 is 1.11 bits per heavy atom. The second-order valence-corrected chi connectivity index (χ2v) is 13.0. The molecule has 5 rings (SSSR count). The summed E-state index contributed by atoms with van der Waals surface area (Å²) in [7, 11) is 0. The summed E-state index contributed by atoms with van der Waals surface area (Å²) in [6.45, 7) is 5.23. The molecule has 1 aromatic heterocycles. The smallest absolute Gasteiger partial charge is 0.343 e. The highest BCUT2D eigenvalue weighted by molar-refractivity contribution is 8.01. The zero-order valence-corrected chi connectivity index (χ0v) is 26.2. The van der Waals surface area contributed by atoms with Gasteiger partial charge in [0.15, 0.2) is 4.87 Å². The third kappa shape index (κ3) is 7.32. The molecule has 0 saturated carbocycles. The van der Waals surface area contributed by atoms with Gasteiger partial charge in [-0.15, -0.1) is 5.10 Å². The third-order valence-electron chi connectivity index (χ3n) is 6.77. The fourth-order valence-electron chi connectivity index (χ4n) is 4.80. The second-order valence-electron chi connectivity index (χ2n) is 11.3. The number of anilines is 1. The van der Waals surface area contributed by atoms with Crippen molar-refractivity contribution in [3.05, 3.63) is 95.3 Å². The number of tetrazole rings is 1. The number of carbonyl (C=O) groups excluding carboxylic acids is 4. The van der Waals surface area contributed by atoms with Gasteiger partial charge in [-0.1, -0.05) is 71.9 Å². The van der Waals surface area contributed by atoms with Crippen LogP contribution in [0.1, 0.15) is 31.9 Å². The van der Waals surface area contributed by atoms with Gasteiger partial charge in [-0.25, -0.2) is 9.80 Å². The number of amides is 2. The minimum atomic E-state index is -1.54. The van der Waals surface area contributed by atoms with E-state index in [4.69, 9.17) is 16.3 Å². The van der Waals surface area contributed by atoms with Crippen molar-refractivity contribution in [2.45, 2.75) is 55.0 Å². The Morgan fingerprint density at radius 2 is 1.84 bits per heavy atom. The van der Waals surface area contributed by atoms with Crippen molar-refractivity contribution >= 4 is 53.1 Å². The summed E-state index contributed by atoms with van der Waals surface area (Å²) in [5.74, 6) is -2.37. The Bertz CT molecular complexity index is 1690. The average Bonchev–Trinajstić information content (AvgIpc) is 3.67. The first-order valence-electron chi connectivity index (χ1n) is 13.9. The number of aromatic nitrogens is 4. The Hall–Kier alpha value is -4.75. The fraction of sp³-hybridized carbons (Fsp3) is 0.258. The molecule has 12 nitrogen and oxygen atoms in total. The number of nitrogens with one attached hydrogen (secondary N) is 2. The summed E-state index contributed by atoms with van der Waals surface area (Å²) in [6.07, 6.45) is 1.58. The standard InChI is InChI=1S/C31H30ClN7O5S/c1-30(2,3)44-29(43)31(17-21-11-7-8-12-26(21)45-31)34-28(42)25(15-20-9-5-4-6-10-20)39(27(41)18-40)35-23-16-22(32)13-14-24(23)38-19-33-36-37-38/h4-14,16,18-19,25,35H,15,17H2,1-3H3,(H,34,42). The SMILES string of the molecule is CC(C)(C)OC(=O)C1(NC(=O)C(Cc2ccccc2)N(Nc2cc(Cl)ccc2-n2cnnn2)C(=O)C=O)Cc2ccccc2S1. The van der Waals surface area contributed by atoms with Gasteiger partial charge in [-0.3, -0.25) is 19.8 Å². The van der Waals surface area contributed by atoms with Crippen LogP contribution in [0.2, 0.25) is 5.02 Å². The first-order valence-corrected chi connectivity index (χ1v) is 15.1. The number of carbonyl (C=O) groups is 4. The van der Waals surface area contributed by atoms with Gasteiger partial charge in [0.05, 0.1) is 11.4 Å². The van der Waals surface area contributed by atoms with Crippen LogP contribution in [0.5, 0.6) is 0 Å². The Morgan fingerprint density at radius 3 is 2.51 bits per heavy atom. The van der Waals surface area contributed by atoms with Crippen LogP contribution in [0.3, 0.4) is 0 Å². The van der Waals surface area contributed by atoms with Gasteiger partial charge in [0, 0.05) is 22.8 Å². The first-order chi connectivity index (χ1) is 21.5. The van der Waals surface area contributed by atoms with E-state index < -0.39 is 34.3 Å². The number of rotatable bonds is 10. The first kappa shape index (κ1) is 31.7. The zero-order chi connectivity index (χ0) is 32.2. The largest absolute Gasteiger partial charge is 0.458 e. The van der Waals surface area contributed by atoms with Crippen molar-refractivity contribution in [2.75, 3.05) is 5.43 Å². The van der Waals surface area contributed by atoms with Crippen LogP contribution in [0.25, 0.3) is 5.69 Å². The van der Waals surface area contributed by atoms with E-state index in [1.807, 2.05) is 30.3 Å². The summed E-state index contributed by atoms with van der Waals surface area (Å²) in [4.78, 5) is 52.8. The number of esters is 1. The molecule has 1 aliphatic heterocycles. The Labute approximate surface area is 268 Å². The van der Waals surface area contributed by atoms with Gasteiger partial charge in [-0.05, 0) is 66.6 Å². The van der Waals surface area contributed by atoms with Crippen LogP contribution in [-0.4, -0.2) is 65.8 Å². The second kappa shape index (κ2) is 13.1. The van der Waals surface area contributed by atoms with Crippen LogP contribution in [0.4, 0.5) is 5.69 Å². The molecule has 2 N–H and O–H groups in total. The lowest BCUT2D eigenvalue weighted by Crippen LogP contribution is -2.61. The number of benzene rings is 3. The highest BCUT2D eigenvalue weighted by atomic mass is 35.5. The van der Waals surface area contributed by atoms with E-state index in [-0.39, 0.29) is 24.8 Å². The molecule has 45 heavy (non-hydrogen) atoms. The molecular formula is C31H30ClN7O5S. The normalized spacial score (nSPS) is 16.3. The number of hydrazine groups is 1. The maximum absolute atomic E-state index is 14.4. The molecule has 1 aliphatic rings. The van der Waals surface area contributed by atoms with Gasteiger partial charge in [-0.2, -0.15) is 4.68 Å². The molecule has 0 aliphatic carbocycles. The quantitative estimate of drug-likeness (QED) is 0.113. The van der Waals surface area contributed by atoms with Crippen LogP contribution in [0, 0.1) is 0 Å². The molecule has 2 unspecified atom stereocenters. The van der Waals surface area contributed by atoms with E-state index in [1.54, 1.807) is 57.2 Å². The van der Waals surface area contributed by atoms with Crippen molar-refractivity contribution in [3.63, 3.8) is 0 Å². The summed E-state index contributed by atoms with van der Waals surface area (Å²) in [5.41, 5.74) is 4.26. The molecule has 0 saturated heterocycles. The number of hydrogen-bond acceptors (Lipinski definition) is 10. The number of hydrogen-bond donors (Lipinski definition) is 2. The van der Waals surface area contributed by atoms with E-state index >= 15 is 0 Å². The van der Waals surface area contributed by atoms with Crippen molar-refractivity contribution < 1.29 is 23.9 Å². The number of nitrogens with zero attached hydrogens (tertiary/aromatic N) is 5. The van der Waals surface area contributed by atoms with Crippen molar-refractivity contribution in [2.24, 2.45) is 0 Å². The zero-order valence-electron chi connectivity index (χ0n) is 24.6. The summed E-state index contributed by atoms with van der Waals surface area (Å²) >= 11 is 7.48. The topological polar surface area (TPSA) is 148 Å². The van der Waals surface area contributed by atoms with Crippen molar-refractivity contribution in [3.8, 4) is 5.69 Å². The van der Waals surface area contributed by atoms with Gasteiger partial charge < -0.3 is 10.1 Å². The monoisotopic (exact) mass is 647 g/mol. The van der Waals surface area contributed by atoms with Gasteiger partial charge >= 0.3 is 11.9 Å². The van der Waals surface area contributed by atoms with E-state index in [9.17, 15) is 19.2 Å². The van der Waals surface area contributed by atoms with Gasteiger partial charge in [0.25, 0.3) is 0 Å². The van der Waals surface area contributed by atoms with Gasteiger partial charge in [0.2, 0.25) is 12.2 Å². The predicted molar refractivity (Wildman–Crippen MR) is 167 cm³/mol. The molecule has 0 bridgehead atoms. The maximum atomic E-state index is 14.4. The molecule has 14 heteroatoms. The van der Waals surface area contributed by atoms with Crippen LogP contribution >= 0.6 is 23.4 Å². The van der Waals surface area contributed by atoms with Crippen molar-refractivity contribution in [1.29, 1.82) is 0 Å². The number of ether oxygens (including phenoxy) is 1. The maximum Gasteiger partial charge on any atom is 0.343 e. The Balaban J connectivity index is 1.56. The van der Waals surface area contributed by atoms with Gasteiger partial charge in [0.1, 0.15) is 18.0 Å². The number of thioether (sulfide) groups is 1. The molecule has 2 amide bonds. The van der Waals surface area contributed by atoms with E-state index in [1.165, 1.54) is 28.8 Å². The van der Waals surface area contributed by atoms with E-state index in [0.717, 1.165) is 15.5 Å². The number of aldehydes is 1. The Kier molecular flexibility index (Phi) is 9.21. The minimum absolute atomic E-state index is 0.0119. The fourth-order valence-corrected chi connectivity index (χ4v) is 6.27. The van der Waals surface area contributed by atoms with Crippen molar-refractivity contribution in [1.82, 2.24) is 30.5 Å². The van der Waals surface area contributed by atoms with Crippen LogP contribution in [0.15, 0.2) is 84.0 Å². The molecule has 4 aromatic rings.